The Morgan fingerprint density at radius 1 is 0.460 bits per heavy atom. The molecule has 2 atom stereocenters. The van der Waals surface area contributed by atoms with Crippen LogP contribution in [-0.4, -0.2) is 34.9 Å². The molecule has 50 heavy (non-hydrogen) atoms. The molecule has 0 aromatic rings. The number of aliphatic hydroxyl groups is 2. The molecule has 0 saturated carbocycles. The van der Waals surface area contributed by atoms with E-state index in [1.807, 2.05) is 6.08 Å². The minimum atomic E-state index is -0.865. The molecule has 0 aliphatic heterocycles. The molecule has 1 amide bonds. The molecule has 0 spiro atoms. The molecule has 0 heterocycles. The van der Waals surface area contributed by atoms with E-state index in [9.17, 15) is 15.0 Å². The second-order valence-electron chi connectivity index (χ2n) is 15.1. The predicted octanol–water partition coefficient (Wildman–Crippen LogP) is 13.8. The summed E-state index contributed by atoms with van der Waals surface area (Å²) in [7, 11) is 0. The van der Waals surface area contributed by atoms with Crippen molar-refractivity contribution < 1.29 is 15.0 Å². The average Bonchev–Trinajstić information content (AvgIpc) is 3.12. The van der Waals surface area contributed by atoms with Crippen molar-refractivity contribution in [3.8, 4) is 0 Å². The van der Waals surface area contributed by atoms with E-state index in [0.717, 1.165) is 44.9 Å². The average molecular weight is 702 g/mol. The molecule has 4 nitrogen and oxygen atoms in total. The van der Waals surface area contributed by atoms with E-state index in [4.69, 9.17) is 0 Å². The van der Waals surface area contributed by atoms with E-state index in [0.29, 0.717) is 6.42 Å². The van der Waals surface area contributed by atoms with Gasteiger partial charge in [0.05, 0.1) is 18.8 Å². The Kier molecular flexibility index (Phi) is 40.9. The molecule has 0 bridgehead atoms. The summed E-state index contributed by atoms with van der Waals surface area (Å²) in [5.74, 6) is -0.0768. The van der Waals surface area contributed by atoms with Crippen LogP contribution in [0.2, 0.25) is 0 Å². The molecule has 0 aliphatic carbocycles. The SMILES string of the molecule is CCC/C=C/CC/C=C/CC/C=C/C(O)C(CO)NC(=O)CCCCCCCCCCCCCCCCCCCCCCCCCCCCC. The fraction of sp³-hybridized carbons (Fsp3) is 0.848. The van der Waals surface area contributed by atoms with Gasteiger partial charge < -0.3 is 15.5 Å². The first kappa shape index (κ1) is 48.6. The van der Waals surface area contributed by atoms with E-state index >= 15 is 0 Å². The first-order chi connectivity index (χ1) is 24.7. The van der Waals surface area contributed by atoms with Crippen LogP contribution in [0.15, 0.2) is 36.5 Å². The molecule has 0 aromatic carbocycles. The third-order valence-electron chi connectivity index (χ3n) is 10.1. The van der Waals surface area contributed by atoms with Crippen molar-refractivity contribution in [1.29, 1.82) is 0 Å². The number of aliphatic hydroxyl groups excluding tert-OH is 2. The van der Waals surface area contributed by atoms with Crippen molar-refractivity contribution in [2.24, 2.45) is 0 Å². The Hall–Kier alpha value is -1.39. The Morgan fingerprint density at radius 3 is 1.12 bits per heavy atom. The van der Waals surface area contributed by atoms with Gasteiger partial charge in [-0.05, 0) is 38.5 Å². The number of hydrogen-bond donors (Lipinski definition) is 3. The van der Waals surface area contributed by atoms with Gasteiger partial charge in [0.15, 0.2) is 0 Å². The van der Waals surface area contributed by atoms with Gasteiger partial charge in [-0.15, -0.1) is 0 Å². The van der Waals surface area contributed by atoms with Gasteiger partial charge in [-0.25, -0.2) is 0 Å². The molecule has 3 N–H and O–H groups in total. The maximum absolute atomic E-state index is 12.3. The smallest absolute Gasteiger partial charge is 0.220 e. The quantitative estimate of drug-likeness (QED) is 0.0440. The molecular formula is C46H87NO3. The number of amides is 1. The van der Waals surface area contributed by atoms with Gasteiger partial charge in [-0.3, -0.25) is 4.79 Å². The minimum Gasteiger partial charge on any atom is -0.394 e. The highest BCUT2D eigenvalue weighted by Crippen LogP contribution is 2.16. The third-order valence-corrected chi connectivity index (χ3v) is 10.1. The van der Waals surface area contributed by atoms with E-state index in [1.165, 1.54) is 167 Å². The first-order valence-electron chi connectivity index (χ1n) is 22.2. The zero-order valence-electron chi connectivity index (χ0n) is 33.7. The van der Waals surface area contributed by atoms with E-state index in [2.05, 4.69) is 43.5 Å². The van der Waals surface area contributed by atoms with Crippen molar-refractivity contribution in [2.75, 3.05) is 6.61 Å². The molecule has 2 unspecified atom stereocenters. The van der Waals surface area contributed by atoms with Crippen LogP contribution in [0.3, 0.4) is 0 Å². The number of nitrogens with one attached hydrogen (secondary N) is 1. The second kappa shape index (κ2) is 42.0. The number of unbranched alkanes of at least 4 members (excludes halogenated alkanes) is 29. The van der Waals surface area contributed by atoms with Crippen LogP contribution in [0, 0.1) is 0 Å². The summed E-state index contributed by atoms with van der Waals surface area (Å²) >= 11 is 0. The number of carbonyl (C=O) groups is 1. The number of carbonyl (C=O) groups excluding carboxylic acids is 1. The van der Waals surface area contributed by atoms with Crippen LogP contribution in [0.1, 0.15) is 232 Å². The lowest BCUT2D eigenvalue weighted by Gasteiger charge is -2.19. The largest absolute Gasteiger partial charge is 0.394 e. The predicted molar refractivity (Wildman–Crippen MR) is 221 cm³/mol. The van der Waals surface area contributed by atoms with Crippen molar-refractivity contribution in [3.05, 3.63) is 36.5 Å². The van der Waals surface area contributed by atoms with Crippen LogP contribution in [0.25, 0.3) is 0 Å². The van der Waals surface area contributed by atoms with Crippen LogP contribution >= 0.6 is 0 Å². The van der Waals surface area contributed by atoms with Crippen LogP contribution in [0.4, 0.5) is 0 Å². The topological polar surface area (TPSA) is 69.6 Å². The van der Waals surface area contributed by atoms with Gasteiger partial charge in [0.25, 0.3) is 0 Å². The Labute approximate surface area is 312 Å². The molecule has 0 fully saturated rings. The maximum Gasteiger partial charge on any atom is 0.220 e. The second-order valence-corrected chi connectivity index (χ2v) is 15.1. The molecule has 294 valence electrons. The number of rotatable bonds is 40. The normalized spacial score (nSPS) is 13.3. The summed E-state index contributed by atoms with van der Waals surface area (Å²) < 4.78 is 0. The number of allylic oxidation sites excluding steroid dienone is 5. The lowest BCUT2D eigenvalue weighted by atomic mass is 10.0. The van der Waals surface area contributed by atoms with Crippen molar-refractivity contribution >= 4 is 5.91 Å². The minimum absolute atomic E-state index is 0.0768. The zero-order chi connectivity index (χ0) is 36.4. The fourth-order valence-electron chi connectivity index (χ4n) is 6.69. The molecule has 0 saturated heterocycles. The highest BCUT2D eigenvalue weighted by Gasteiger charge is 2.17. The highest BCUT2D eigenvalue weighted by atomic mass is 16.3. The van der Waals surface area contributed by atoms with Gasteiger partial charge in [0.1, 0.15) is 0 Å². The van der Waals surface area contributed by atoms with Gasteiger partial charge in [0, 0.05) is 6.42 Å². The molecule has 4 heteroatoms. The van der Waals surface area contributed by atoms with E-state index in [1.54, 1.807) is 6.08 Å². The summed E-state index contributed by atoms with van der Waals surface area (Å²) in [6.45, 7) is 4.23. The van der Waals surface area contributed by atoms with Gasteiger partial charge in [0.2, 0.25) is 5.91 Å². The monoisotopic (exact) mass is 702 g/mol. The summed E-state index contributed by atoms with van der Waals surface area (Å²) in [6, 6.07) is -0.641. The molecule has 0 radical (unpaired) electrons. The Bertz CT molecular complexity index is 760. The summed E-state index contributed by atoms with van der Waals surface area (Å²) in [5.41, 5.74) is 0. The van der Waals surface area contributed by atoms with Crippen LogP contribution < -0.4 is 5.32 Å². The summed E-state index contributed by atoms with van der Waals surface area (Å²) in [4.78, 5) is 12.3. The van der Waals surface area contributed by atoms with Gasteiger partial charge >= 0.3 is 0 Å². The lowest BCUT2D eigenvalue weighted by Crippen LogP contribution is -2.45. The zero-order valence-corrected chi connectivity index (χ0v) is 33.7. The highest BCUT2D eigenvalue weighted by molar-refractivity contribution is 5.76. The maximum atomic E-state index is 12.3. The van der Waals surface area contributed by atoms with Crippen LogP contribution in [0.5, 0.6) is 0 Å². The van der Waals surface area contributed by atoms with E-state index in [-0.39, 0.29) is 12.5 Å². The molecule has 0 aliphatic rings. The van der Waals surface area contributed by atoms with E-state index < -0.39 is 12.1 Å². The summed E-state index contributed by atoms with van der Waals surface area (Å²) in [6.07, 6.45) is 55.6. The standard InChI is InChI=1S/C46H87NO3/c1-3-5-7-9-11-13-15-16-17-18-19-20-21-22-23-24-25-26-27-28-29-30-32-34-36-38-40-42-46(50)47-44(43-48)45(49)41-39-37-35-33-31-14-12-10-8-6-4-2/h8,10,31,33,39,41,44-45,48-49H,3-7,9,11-30,32,34-38,40,42-43H2,1-2H3,(H,47,50)/b10-8+,33-31+,41-39+. The first-order valence-corrected chi connectivity index (χ1v) is 22.2. The Morgan fingerprint density at radius 2 is 0.780 bits per heavy atom. The third kappa shape index (κ3) is 37.9. The Balaban J connectivity index is 3.46. The van der Waals surface area contributed by atoms with Crippen molar-refractivity contribution in [2.45, 2.75) is 244 Å². The van der Waals surface area contributed by atoms with Gasteiger partial charge in [-0.1, -0.05) is 224 Å². The van der Waals surface area contributed by atoms with Crippen molar-refractivity contribution in [1.82, 2.24) is 5.32 Å². The molecular weight excluding hydrogens is 615 g/mol. The summed E-state index contributed by atoms with van der Waals surface area (Å²) in [5, 5.41) is 22.9. The van der Waals surface area contributed by atoms with Gasteiger partial charge in [-0.2, -0.15) is 0 Å². The number of hydrogen-bond acceptors (Lipinski definition) is 3. The molecule has 0 aromatic heterocycles. The fourth-order valence-corrected chi connectivity index (χ4v) is 6.69. The molecule has 0 rings (SSSR count). The lowest BCUT2D eigenvalue weighted by molar-refractivity contribution is -0.123. The van der Waals surface area contributed by atoms with Crippen LogP contribution in [-0.2, 0) is 4.79 Å². The van der Waals surface area contributed by atoms with Crippen molar-refractivity contribution in [3.63, 3.8) is 0 Å².